The lowest BCUT2D eigenvalue weighted by atomic mass is 10.2. The maximum Gasteiger partial charge on any atom is 0.252 e. The van der Waals surface area contributed by atoms with E-state index in [1.807, 2.05) is 0 Å². The van der Waals surface area contributed by atoms with E-state index in [1.54, 1.807) is 31.2 Å². The minimum atomic E-state index is -0.604. The van der Waals surface area contributed by atoms with Crippen LogP contribution in [0.4, 0.5) is 0 Å². The molecule has 2 amide bonds. The van der Waals surface area contributed by atoms with Gasteiger partial charge >= 0.3 is 0 Å². The summed E-state index contributed by atoms with van der Waals surface area (Å²) in [5.74, 6) is -0.661. The van der Waals surface area contributed by atoms with E-state index in [0.717, 1.165) is 0 Å². The molecule has 1 atom stereocenters. The zero-order valence-electron chi connectivity index (χ0n) is 9.94. The fraction of sp³-hybridized carbons (Fsp3) is 0.333. The van der Waals surface area contributed by atoms with Crippen LogP contribution in [0.15, 0.2) is 28.7 Å². The summed E-state index contributed by atoms with van der Waals surface area (Å²) in [5.41, 5.74) is 0.473. The van der Waals surface area contributed by atoms with Crippen LogP contribution in [0.1, 0.15) is 17.3 Å². The molecule has 1 aromatic carbocycles. The van der Waals surface area contributed by atoms with Gasteiger partial charge in [-0.3, -0.25) is 9.59 Å². The lowest BCUT2D eigenvalue weighted by Crippen LogP contribution is -2.39. The highest BCUT2D eigenvalue weighted by atomic mass is 79.9. The number of carbonyl (C=O) groups is 2. The second kappa shape index (κ2) is 7.13. The number of nitrogens with one attached hydrogen (secondary N) is 2. The molecule has 0 fully saturated rings. The number of amides is 2. The van der Waals surface area contributed by atoms with Crippen molar-refractivity contribution in [1.82, 2.24) is 10.6 Å². The monoisotopic (exact) mass is 314 g/mol. The van der Waals surface area contributed by atoms with Gasteiger partial charge in [0.05, 0.1) is 18.2 Å². The lowest BCUT2D eigenvalue weighted by molar-refractivity contribution is -0.120. The Morgan fingerprint density at radius 1 is 1.33 bits per heavy atom. The average molecular weight is 315 g/mol. The van der Waals surface area contributed by atoms with Crippen molar-refractivity contribution >= 4 is 27.7 Å². The molecule has 1 aromatic rings. The number of carbonyl (C=O) groups excluding carboxylic acids is 2. The van der Waals surface area contributed by atoms with Crippen LogP contribution in [0.25, 0.3) is 0 Å². The topological polar surface area (TPSA) is 78.4 Å². The minimum absolute atomic E-state index is 0.118. The van der Waals surface area contributed by atoms with Crippen molar-refractivity contribution < 1.29 is 14.7 Å². The smallest absolute Gasteiger partial charge is 0.252 e. The third-order valence-electron chi connectivity index (χ3n) is 2.12. The quantitative estimate of drug-likeness (QED) is 0.747. The first-order chi connectivity index (χ1) is 8.50. The van der Waals surface area contributed by atoms with Crippen molar-refractivity contribution in [1.29, 1.82) is 0 Å². The van der Waals surface area contributed by atoms with Gasteiger partial charge < -0.3 is 15.7 Å². The van der Waals surface area contributed by atoms with Crippen LogP contribution in [-0.4, -0.2) is 36.1 Å². The molecule has 0 aliphatic carbocycles. The van der Waals surface area contributed by atoms with Crippen molar-refractivity contribution in [3.05, 3.63) is 34.3 Å². The molecule has 1 unspecified atom stereocenters. The van der Waals surface area contributed by atoms with Crippen LogP contribution in [0.2, 0.25) is 0 Å². The molecule has 98 valence electrons. The highest BCUT2D eigenvalue weighted by molar-refractivity contribution is 9.10. The van der Waals surface area contributed by atoms with Crippen LogP contribution < -0.4 is 10.6 Å². The first-order valence-electron chi connectivity index (χ1n) is 5.48. The third kappa shape index (κ3) is 4.85. The number of benzene rings is 1. The number of aliphatic hydroxyl groups is 1. The molecule has 3 N–H and O–H groups in total. The van der Waals surface area contributed by atoms with Gasteiger partial charge in [0, 0.05) is 11.0 Å². The highest BCUT2D eigenvalue weighted by Gasteiger charge is 2.10. The van der Waals surface area contributed by atoms with E-state index in [2.05, 4.69) is 26.6 Å². The molecule has 18 heavy (non-hydrogen) atoms. The molecular weight excluding hydrogens is 300 g/mol. The number of aliphatic hydroxyl groups excluding tert-OH is 1. The van der Waals surface area contributed by atoms with Gasteiger partial charge in [-0.05, 0) is 35.0 Å². The Morgan fingerprint density at radius 2 is 2.00 bits per heavy atom. The molecular formula is C12H15BrN2O3. The number of hydrogen-bond donors (Lipinski definition) is 3. The number of hydrogen-bond acceptors (Lipinski definition) is 3. The molecule has 0 aliphatic heterocycles. The predicted octanol–water partition coefficient (Wildman–Crippen LogP) is 0.676. The summed E-state index contributed by atoms with van der Waals surface area (Å²) in [6.45, 7) is 1.62. The summed E-state index contributed by atoms with van der Waals surface area (Å²) in [4.78, 5) is 23.1. The van der Waals surface area contributed by atoms with E-state index in [0.29, 0.717) is 10.0 Å². The van der Waals surface area contributed by atoms with Crippen LogP contribution in [0.3, 0.4) is 0 Å². The van der Waals surface area contributed by atoms with Gasteiger partial charge in [0.1, 0.15) is 0 Å². The summed E-state index contributed by atoms with van der Waals surface area (Å²) in [6.07, 6.45) is -0.604. The Morgan fingerprint density at radius 3 is 2.61 bits per heavy atom. The maximum atomic E-state index is 11.7. The van der Waals surface area contributed by atoms with Crippen molar-refractivity contribution in [2.45, 2.75) is 13.0 Å². The standard InChI is InChI=1S/C12H15BrN2O3/c1-8(16)6-14-11(17)7-15-12(18)9-4-2-3-5-10(9)13/h2-5,8,16H,6-7H2,1H3,(H,14,17)(H,15,18). The highest BCUT2D eigenvalue weighted by Crippen LogP contribution is 2.15. The zero-order valence-corrected chi connectivity index (χ0v) is 11.5. The Labute approximate surface area is 114 Å². The van der Waals surface area contributed by atoms with Crippen LogP contribution >= 0.6 is 15.9 Å². The van der Waals surface area contributed by atoms with E-state index < -0.39 is 6.10 Å². The summed E-state index contributed by atoms with van der Waals surface area (Å²) in [7, 11) is 0. The fourth-order valence-electron chi connectivity index (χ4n) is 1.23. The van der Waals surface area contributed by atoms with Crippen LogP contribution in [-0.2, 0) is 4.79 Å². The molecule has 0 heterocycles. The summed E-state index contributed by atoms with van der Waals surface area (Å²) < 4.78 is 0.673. The predicted molar refractivity (Wildman–Crippen MR) is 71.2 cm³/mol. The normalized spacial score (nSPS) is 11.7. The summed E-state index contributed by atoms with van der Waals surface area (Å²) in [6, 6.07) is 6.96. The second-order valence-electron chi connectivity index (χ2n) is 3.82. The van der Waals surface area contributed by atoms with Gasteiger partial charge in [0.25, 0.3) is 5.91 Å². The van der Waals surface area contributed by atoms with Gasteiger partial charge in [-0.2, -0.15) is 0 Å². The van der Waals surface area contributed by atoms with E-state index in [1.165, 1.54) is 0 Å². The Balaban J connectivity index is 2.42. The lowest BCUT2D eigenvalue weighted by Gasteiger charge is -2.09. The van der Waals surface area contributed by atoms with Gasteiger partial charge in [-0.1, -0.05) is 12.1 Å². The number of rotatable bonds is 5. The summed E-state index contributed by atoms with van der Waals surface area (Å²) in [5, 5.41) is 14.0. The first kappa shape index (κ1) is 14.7. The van der Waals surface area contributed by atoms with E-state index in [4.69, 9.17) is 5.11 Å². The van der Waals surface area contributed by atoms with E-state index in [-0.39, 0.29) is 24.9 Å². The van der Waals surface area contributed by atoms with Gasteiger partial charge in [-0.15, -0.1) is 0 Å². The number of halogens is 1. The molecule has 0 saturated carbocycles. The third-order valence-corrected chi connectivity index (χ3v) is 2.81. The SMILES string of the molecule is CC(O)CNC(=O)CNC(=O)c1ccccc1Br. The molecule has 0 radical (unpaired) electrons. The molecule has 0 saturated heterocycles. The second-order valence-corrected chi connectivity index (χ2v) is 4.67. The van der Waals surface area contributed by atoms with E-state index in [9.17, 15) is 9.59 Å². The summed E-state index contributed by atoms with van der Waals surface area (Å²) >= 11 is 3.26. The van der Waals surface area contributed by atoms with Gasteiger partial charge in [-0.25, -0.2) is 0 Å². The van der Waals surface area contributed by atoms with Gasteiger partial charge in [0.15, 0.2) is 0 Å². The van der Waals surface area contributed by atoms with Crippen LogP contribution in [0, 0.1) is 0 Å². The molecule has 1 rings (SSSR count). The molecule has 6 heteroatoms. The fourth-order valence-corrected chi connectivity index (χ4v) is 1.69. The molecule has 0 bridgehead atoms. The largest absolute Gasteiger partial charge is 0.392 e. The van der Waals surface area contributed by atoms with Crippen molar-refractivity contribution in [3.63, 3.8) is 0 Å². The van der Waals surface area contributed by atoms with Crippen LogP contribution in [0.5, 0.6) is 0 Å². The minimum Gasteiger partial charge on any atom is -0.392 e. The molecule has 0 aromatic heterocycles. The Hall–Kier alpha value is -1.40. The van der Waals surface area contributed by atoms with Crippen molar-refractivity contribution in [3.8, 4) is 0 Å². The Bertz CT molecular complexity index is 435. The van der Waals surface area contributed by atoms with Gasteiger partial charge in [0.2, 0.25) is 5.91 Å². The molecule has 0 spiro atoms. The maximum absolute atomic E-state index is 11.7. The van der Waals surface area contributed by atoms with Crippen molar-refractivity contribution in [2.24, 2.45) is 0 Å². The average Bonchev–Trinajstić information content (AvgIpc) is 2.34. The molecule has 5 nitrogen and oxygen atoms in total. The van der Waals surface area contributed by atoms with Crippen molar-refractivity contribution in [2.75, 3.05) is 13.1 Å². The Kier molecular flexibility index (Phi) is 5.80. The first-order valence-corrected chi connectivity index (χ1v) is 6.27. The molecule has 0 aliphatic rings. The zero-order chi connectivity index (χ0) is 13.5. The van der Waals surface area contributed by atoms with E-state index >= 15 is 0 Å².